The number of carbonyl (C=O) groups is 2. The predicted molar refractivity (Wildman–Crippen MR) is 65.3 cm³/mol. The van der Waals surface area contributed by atoms with E-state index in [1.807, 2.05) is 0 Å². The van der Waals surface area contributed by atoms with Gasteiger partial charge in [-0.1, -0.05) is 6.42 Å². The summed E-state index contributed by atoms with van der Waals surface area (Å²) in [6, 6.07) is 0. The van der Waals surface area contributed by atoms with Gasteiger partial charge in [0.1, 0.15) is 0 Å². The van der Waals surface area contributed by atoms with Gasteiger partial charge in [0.25, 0.3) is 5.91 Å². The SMILES string of the molecule is Cc1nscc1C(=O)NCCCCCC(=O)O. The van der Waals surface area contributed by atoms with Crippen LogP contribution in [-0.4, -0.2) is 27.9 Å². The van der Waals surface area contributed by atoms with Crippen molar-refractivity contribution in [3.05, 3.63) is 16.6 Å². The van der Waals surface area contributed by atoms with Crippen molar-refractivity contribution < 1.29 is 14.7 Å². The lowest BCUT2D eigenvalue weighted by atomic mass is 10.2. The third kappa shape index (κ3) is 4.95. The molecule has 6 heteroatoms. The van der Waals surface area contributed by atoms with Gasteiger partial charge in [-0.2, -0.15) is 4.37 Å². The number of carbonyl (C=O) groups excluding carboxylic acids is 1. The maximum Gasteiger partial charge on any atom is 0.303 e. The second kappa shape index (κ2) is 7.01. The molecule has 0 unspecified atom stereocenters. The number of hydrogen-bond donors (Lipinski definition) is 2. The number of rotatable bonds is 7. The zero-order chi connectivity index (χ0) is 12.7. The molecule has 5 nitrogen and oxygen atoms in total. The van der Waals surface area contributed by atoms with E-state index in [1.54, 1.807) is 12.3 Å². The summed E-state index contributed by atoms with van der Waals surface area (Å²) in [5.74, 6) is -0.872. The van der Waals surface area contributed by atoms with Crippen molar-refractivity contribution in [2.24, 2.45) is 0 Å². The van der Waals surface area contributed by atoms with Crippen molar-refractivity contribution in [2.45, 2.75) is 32.6 Å². The number of hydrogen-bond acceptors (Lipinski definition) is 4. The van der Waals surface area contributed by atoms with Gasteiger partial charge in [-0.3, -0.25) is 9.59 Å². The lowest BCUT2D eigenvalue weighted by Crippen LogP contribution is -2.24. The first-order chi connectivity index (χ1) is 8.11. The molecule has 0 aliphatic carbocycles. The van der Waals surface area contributed by atoms with E-state index in [2.05, 4.69) is 9.69 Å². The number of carboxylic acids is 1. The third-order valence-electron chi connectivity index (χ3n) is 2.35. The van der Waals surface area contributed by atoms with Gasteiger partial charge in [0.15, 0.2) is 0 Å². The molecule has 17 heavy (non-hydrogen) atoms. The average Bonchev–Trinajstić information content (AvgIpc) is 2.69. The number of nitrogens with zero attached hydrogens (tertiary/aromatic N) is 1. The number of amides is 1. The first-order valence-corrected chi connectivity index (χ1v) is 6.36. The van der Waals surface area contributed by atoms with E-state index in [9.17, 15) is 9.59 Å². The zero-order valence-corrected chi connectivity index (χ0v) is 10.5. The molecule has 1 aromatic rings. The Morgan fingerprint density at radius 3 is 2.76 bits per heavy atom. The molecular formula is C11H16N2O3S. The molecule has 1 rings (SSSR count). The van der Waals surface area contributed by atoms with Gasteiger partial charge >= 0.3 is 5.97 Å². The highest BCUT2D eigenvalue weighted by Gasteiger charge is 2.09. The quantitative estimate of drug-likeness (QED) is 0.729. The Kier molecular flexibility index (Phi) is 5.62. The van der Waals surface area contributed by atoms with Gasteiger partial charge in [0, 0.05) is 18.3 Å². The van der Waals surface area contributed by atoms with E-state index in [1.165, 1.54) is 11.5 Å². The Labute approximate surface area is 104 Å². The van der Waals surface area contributed by atoms with Gasteiger partial charge in [0.2, 0.25) is 0 Å². The second-order valence-electron chi connectivity index (χ2n) is 3.77. The summed E-state index contributed by atoms with van der Waals surface area (Å²) in [7, 11) is 0. The molecule has 0 saturated heterocycles. The van der Waals surface area contributed by atoms with Crippen molar-refractivity contribution in [1.82, 2.24) is 9.69 Å². The molecule has 0 aliphatic heterocycles. The molecule has 0 saturated carbocycles. The van der Waals surface area contributed by atoms with Crippen LogP contribution >= 0.6 is 11.5 Å². The number of nitrogens with one attached hydrogen (secondary N) is 1. The standard InChI is InChI=1S/C11H16N2O3S/c1-8-9(7-17-13-8)11(16)12-6-4-2-3-5-10(14)15/h7H,2-6H2,1H3,(H,12,16)(H,14,15). The molecular weight excluding hydrogens is 240 g/mol. The molecule has 0 aliphatic rings. The highest BCUT2D eigenvalue weighted by atomic mass is 32.1. The summed E-state index contributed by atoms with van der Waals surface area (Å²) in [5.41, 5.74) is 1.37. The highest BCUT2D eigenvalue weighted by molar-refractivity contribution is 7.03. The average molecular weight is 256 g/mol. The van der Waals surface area contributed by atoms with E-state index in [0.717, 1.165) is 18.5 Å². The van der Waals surface area contributed by atoms with E-state index >= 15 is 0 Å². The van der Waals surface area contributed by atoms with Crippen molar-refractivity contribution in [3.8, 4) is 0 Å². The molecule has 94 valence electrons. The number of aliphatic carboxylic acids is 1. The molecule has 1 aromatic heterocycles. The fraction of sp³-hybridized carbons (Fsp3) is 0.545. The molecule has 0 bridgehead atoms. The Bertz CT molecular complexity index is 390. The Morgan fingerprint density at radius 1 is 1.41 bits per heavy atom. The number of carboxylic acid groups (broad SMARTS) is 1. The maximum absolute atomic E-state index is 11.6. The fourth-order valence-corrected chi connectivity index (χ4v) is 2.08. The largest absolute Gasteiger partial charge is 0.481 e. The van der Waals surface area contributed by atoms with Crippen LogP contribution in [0.2, 0.25) is 0 Å². The van der Waals surface area contributed by atoms with Gasteiger partial charge in [-0.25, -0.2) is 0 Å². The minimum atomic E-state index is -0.769. The maximum atomic E-state index is 11.6. The van der Waals surface area contributed by atoms with Crippen LogP contribution in [-0.2, 0) is 4.79 Å². The minimum absolute atomic E-state index is 0.102. The molecule has 0 spiro atoms. The van der Waals surface area contributed by atoms with Crippen LogP contribution in [0.25, 0.3) is 0 Å². The molecule has 1 amide bonds. The summed E-state index contributed by atoms with van der Waals surface area (Å²) in [5, 5.41) is 13.0. The summed E-state index contributed by atoms with van der Waals surface area (Å²) < 4.78 is 4.03. The van der Waals surface area contributed by atoms with E-state index in [4.69, 9.17) is 5.11 Å². The van der Waals surface area contributed by atoms with Gasteiger partial charge in [-0.05, 0) is 31.3 Å². The molecule has 2 N–H and O–H groups in total. The Hall–Kier alpha value is -1.43. The third-order valence-corrected chi connectivity index (χ3v) is 3.07. The summed E-state index contributed by atoms with van der Waals surface area (Å²) >= 11 is 1.27. The molecule has 0 atom stereocenters. The van der Waals surface area contributed by atoms with Crippen molar-refractivity contribution in [3.63, 3.8) is 0 Å². The second-order valence-corrected chi connectivity index (χ2v) is 4.40. The number of aromatic nitrogens is 1. The Balaban J connectivity index is 2.13. The molecule has 0 aromatic carbocycles. The summed E-state index contributed by atoms with van der Waals surface area (Å²) in [6.07, 6.45) is 2.47. The van der Waals surface area contributed by atoms with Gasteiger partial charge in [-0.15, -0.1) is 0 Å². The van der Waals surface area contributed by atoms with Crippen LogP contribution in [0.4, 0.5) is 0 Å². The molecule has 0 radical (unpaired) electrons. The summed E-state index contributed by atoms with van der Waals surface area (Å²) in [6.45, 7) is 2.38. The molecule has 1 heterocycles. The van der Waals surface area contributed by atoms with E-state index in [-0.39, 0.29) is 12.3 Å². The van der Waals surface area contributed by atoms with E-state index in [0.29, 0.717) is 18.5 Å². The van der Waals surface area contributed by atoms with Crippen LogP contribution in [0.5, 0.6) is 0 Å². The predicted octanol–water partition coefficient (Wildman–Crippen LogP) is 1.83. The monoisotopic (exact) mass is 256 g/mol. The van der Waals surface area contributed by atoms with Crippen molar-refractivity contribution in [1.29, 1.82) is 0 Å². The van der Waals surface area contributed by atoms with Gasteiger partial charge in [0.05, 0.1) is 11.3 Å². The van der Waals surface area contributed by atoms with Crippen molar-refractivity contribution >= 4 is 23.4 Å². The normalized spacial score (nSPS) is 10.2. The lowest BCUT2D eigenvalue weighted by molar-refractivity contribution is -0.137. The minimum Gasteiger partial charge on any atom is -0.481 e. The summed E-state index contributed by atoms with van der Waals surface area (Å²) in [4.78, 5) is 21.9. The van der Waals surface area contributed by atoms with Crippen molar-refractivity contribution in [2.75, 3.05) is 6.54 Å². The van der Waals surface area contributed by atoms with Crippen LogP contribution in [0.15, 0.2) is 5.38 Å². The van der Waals surface area contributed by atoms with Crippen LogP contribution in [0, 0.1) is 6.92 Å². The van der Waals surface area contributed by atoms with Crippen LogP contribution in [0.1, 0.15) is 41.7 Å². The first kappa shape index (κ1) is 13.6. The Morgan fingerprint density at radius 2 is 2.18 bits per heavy atom. The first-order valence-electron chi connectivity index (χ1n) is 5.52. The van der Waals surface area contributed by atoms with Gasteiger partial charge < -0.3 is 10.4 Å². The fourth-order valence-electron chi connectivity index (χ4n) is 1.39. The van der Waals surface area contributed by atoms with E-state index < -0.39 is 5.97 Å². The lowest BCUT2D eigenvalue weighted by Gasteiger charge is -2.03. The zero-order valence-electron chi connectivity index (χ0n) is 9.73. The number of aryl methyl sites for hydroxylation is 1. The van der Waals surface area contributed by atoms with Crippen LogP contribution in [0.3, 0.4) is 0 Å². The van der Waals surface area contributed by atoms with Crippen LogP contribution < -0.4 is 5.32 Å². The highest BCUT2D eigenvalue weighted by Crippen LogP contribution is 2.08. The number of unbranched alkanes of at least 4 members (excludes halogenated alkanes) is 2. The smallest absolute Gasteiger partial charge is 0.303 e. The molecule has 0 fully saturated rings. The topological polar surface area (TPSA) is 79.3 Å².